The van der Waals surface area contributed by atoms with Gasteiger partial charge in [0.2, 0.25) is 5.75 Å². The van der Waals surface area contributed by atoms with Crippen molar-refractivity contribution < 1.29 is 34.6 Å². The summed E-state index contributed by atoms with van der Waals surface area (Å²) >= 11 is 0. The van der Waals surface area contributed by atoms with Gasteiger partial charge in [0.15, 0.2) is 5.75 Å². The summed E-state index contributed by atoms with van der Waals surface area (Å²) in [6.07, 6.45) is 0. The van der Waals surface area contributed by atoms with Gasteiger partial charge in [-0.05, 0) is 34.9 Å². The predicted octanol–water partition coefficient (Wildman–Crippen LogP) is 2.40. The van der Waals surface area contributed by atoms with E-state index in [9.17, 15) is 14.9 Å². The molecular weight excluding hydrogens is 310 g/mol. The van der Waals surface area contributed by atoms with Crippen molar-refractivity contribution in [1.29, 1.82) is 0 Å². The van der Waals surface area contributed by atoms with E-state index in [4.69, 9.17) is 9.99 Å². The van der Waals surface area contributed by atoms with E-state index in [2.05, 4.69) is 14.8 Å². The summed E-state index contributed by atoms with van der Waals surface area (Å²) in [5, 5.41) is 21.1. The maximum Gasteiger partial charge on any atom is 0.343 e. The first kappa shape index (κ1) is 16.2. The minimum atomic E-state index is -0.900. The first-order valence-corrected chi connectivity index (χ1v) is 6.25. The second-order valence-electron chi connectivity index (χ2n) is 4.19. The predicted molar refractivity (Wildman–Crippen MR) is 74.0 cm³/mol. The number of hydrogen-bond donors (Lipinski definition) is 1. The van der Waals surface area contributed by atoms with Crippen LogP contribution in [0.2, 0.25) is 0 Å². The van der Waals surface area contributed by atoms with Gasteiger partial charge in [0.25, 0.3) is 5.09 Å². The maximum atomic E-state index is 12.0. The minimum Gasteiger partial charge on any atom is -0.419 e. The van der Waals surface area contributed by atoms with Crippen molar-refractivity contribution in [3.05, 3.63) is 69.8 Å². The molecule has 1 N–H and O–H groups in total. The lowest BCUT2D eigenvalue weighted by Crippen LogP contribution is -2.10. The number of nitrogens with zero attached hydrogens (tertiary/aromatic N) is 1. The molecule has 0 radical (unpaired) electrons. The Morgan fingerprint density at radius 3 is 2.35 bits per heavy atom. The molecule has 0 aliphatic heterocycles. The standard InChI is InChI=1S/C14H11NO8/c16-14(21-12-3-1-2-4-13(12)22-23-19)11-7-5-10(6-8-11)9-20-15(17)18/h1-8,19H,9H2. The van der Waals surface area contributed by atoms with Crippen LogP contribution in [0.25, 0.3) is 0 Å². The number of ether oxygens (including phenoxy) is 1. The van der Waals surface area contributed by atoms with Crippen molar-refractivity contribution in [3.8, 4) is 11.5 Å². The van der Waals surface area contributed by atoms with Crippen molar-refractivity contribution in [1.82, 2.24) is 0 Å². The van der Waals surface area contributed by atoms with E-state index >= 15 is 0 Å². The number of carbonyl (C=O) groups is 1. The first-order valence-electron chi connectivity index (χ1n) is 6.25. The van der Waals surface area contributed by atoms with Gasteiger partial charge >= 0.3 is 5.97 Å². The number of para-hydroxylation sites is 2. The molecule has 0 aliphatic carbocycles. The molecule has 9 nitrogen and oxygen atoms in total. The van der Waals surface area contributed by atoms with Crippen LogP contribution in [0.3, 0.4) is 0 Å². The van der Waals surface area contributed by atoms with Gasteiger partial charge in [-0.15, -0.1) is 10.1 Å². The molecule has 0 saturated carbocycles. The van der Waals surface area contributed by atoms with Crippen molar-refractivity contribution in [2.45, 2.75) is 6.61 Å². The Kier molecular flexibility index (Phi) is 5.45. The molecule has 23 heavy (non-hydrogen) atoms. The van der Waals surface area contributed by atoms with Gasteiger partial charge < -0.3 is 14.5 Å². The van der Waals surface area contributed by atoms with Crippen LogP contribution in [0.5, 0.6) is 11.5 Å². The highest BCUT2D eigenvalue weighted by molar-refractivity contribution is 5.91. The van der Waals surface area contributed by atoms with Gasteiger partial charge in [0.1, 0.15) is 6.61 Å². The van der Waals surface area contributed by atoms with Gasteiger partial charge in [-0.3, -0.25) is 0 Å². The third-order valence-corrected chi connectivity index (χ3v) is 2.71. The van der Waals surface area contributed by atoms with Gasteiger partial charge in [0, 0.05) is 0 Å². The summed E-state index contributed by atoms with van der Waals surface area (Å²) < 4.78 is 5.13. The van der Waals surface area contributed by atoms with E-state index in [1.54, 1.807) is 12.1 Å². The molecule has 0 spiro atoms. The Balaban J connectivity index is 2.05. The molecule has 2 aromatic carbocycles. The zero-order chi connectivity index (χ0) is 16.7. The molecule has 2 rings (SSSR count). The lowest BCUT2D eigenvalue weighted by molar-refractivity contribution is -0.763. The van der Waals surface area contributed by atoms with E-state index in [1.165, 1.54) is 36.4 Å². The van der Waals surface area contributed by atoms with E-state index in [-0.39, 0.29) is 23.7 Å². The average molecular weight is 321 g/mol. The maximum absolute atomic E-state index is 12.0. The average Bonchev–Trinajstić information content (AvgIpc) is 2.55. The van der Waals surface area contributed by atoms with Crippen LogP contribution >= 0.6 is 0 Å². The van der Waals surface area contributed by atoms with Crippen molar-refractivity contribution in [2.24, 2.45) is 0 Å². The van der Waals surface area contributed by atoms with E-state index in [1.807, 2.05) is 0 Å². The molecule has 0 heterocycles. The molecule has 0 saturated heterocycles. The molecule has 9 heteroatoms. The monoisotopic (exact) mass is 321 g/mol. The van der Waals surface area contributed by atoms with Crippen molar-refractivity contribution in [2.75, 3.05) is 0 Å². The third-order valence-electron chi connectivity index (χ3n) is 2.71. The SMILES string of the molecule is O=C(Oc1ccccc1OOO)c1ccc(CO[N+](=O)[O-])cc1. The summed E-state index contributed by atoms with van der Waals surface area (Å²) in [6, 6.07) is 11.9. The van der Waals surface area contributed by atoms with E-state index < -0.39 is 11.1 Å². The Morgan fingerprint density at radius 2 is 1.74 bits per heavy atom. The number of rotatable bonds is 7. The highest BCUT2D eigenvalue weighted by atomic mass is 17.5. The molecule has 0 atom stereocenters. The fourth-order valence-corrected chi connectivity index (χ4v) is 1.67. The smallest absolute Gasteiger partial charge is 0.343 e. The normalized spacial score (nSPS) is 9.96. The Bertz CT molecular complexity index is 685. The zero-order valence-electron chi connectivity index (χ0n) is 11.6. The lowest BCUT2D eigenvalue weighted by atomic mass is 10.1. The van der Waals surface area contributed by atoms with E-state index in [0.29, 0.717) is 5.56 Å². The van der Waals surface area contributed by atoms with Gasteiger partial charge in [-0.25, -0.2) is 10.1 Å². The van der Waals surface area contributed by atoms with Crippen molar-refractivity contribution >= 4 is 5.97 Å². The lowest BCUT2D eigenvalue weighted by Gasteiger charge is -2.08. The van der Waals surface area contributed by atoms with Gasteiger partial charge in [-0.2, -0.15) is 0 Å². The van der Waals surface area contributed by atoms with Gasteiger partial charge in [0.05, 0.1) is 5.56 Å². The van der Waals surface area contributed by atoms with Crippen LogP contribution in [-0.4, -0.2) is 16.3 Å². The quantitative estimate of drug-likeness (QED) is 0.271. The van der Waals surface area contributed by atoms with Crippen LogP contribution in [0, 0.1) is 10.1 Å². The van der Waals surface area contributed by atoms with Crippen LogP contribution in [0.4, 0.5) is 0 Å². The fourth-order valence-electron chi connectivity index (χ4n) is 1.67. The van der Waals surface area contributed by atoms with Crippen LogP contribution in [0.15, 0.2) is 48.5 Å². The highest BCUT2D eigenvalue weighted by Gasteiger charge is 2.13. The third kappa shape index (κ3) is 4.66. The zero-order valence-corrected chi connectivity index (χ0v) is 11.6. The molecule has 2 aromatic rings. The molecule has 0 unspecified atom stereocenters. The molecule has 0 aliphatic rings. The number of carbonyl (C=O) groups excluding carboxylic acids is 1. The Morgan fingerprint density at radius 1 is 1.09 bits per heavy atom. The highest BCUT2D eigenvalue weighted by Crippen LogP contribution is 2.27. The topological polar surface area (TPSA) is 117 Å². The summed E-state index contributed by atoms with van der Waals surface area (Å²) in [4.78, 5) is 30.8. The minimum absolute atomic E-state index is 0.0133. The number of hydrogen-bond acceptors (Lipinski definition) is 8. The first-order chi connectivity index (χ1) is 11.1. The Labute approximate surface area is 129 Å². The van der Waals surface area contributed by atoms with Crippen LogP contribution in [0.1, 0.15) is 15.9 Å². The Hall–Kier alpha value is -3.17. The fraction of sp³-hybridized carbons (Fsp3) is 0.0714. The van der Waals surface area contributed by atoms with Crippen molar-refractivity contribution in [3.63, 3.8) is 0 Å². The molecule has 0 bridgehead atoms. The molecular formula is C14H11NO8. The second kappa shape index (κ2) is 7.73. The number of benzene rings is 2. The largest absolute Gasteiger partial charge is 0.419 e. The number of esters is 1. The van der Waals surface area contributed by atoms with Gasteiger partial charge in [-0.1, -0.05) is 24.3 Å². The molecule has 0 amide bonds. The summed E-state index contributed by atoms with van der Waals surface area (Å²) in [5.74, 6) is -0.618. The summed E-state index contributed by atoms with van der Waals surface area (Å²) in [7, 11) is 0. The molecule has 0 aromatic heterocycles. The second-order valence-corrected chi connectivity index (χ2v) is 4.19. The molecule has 120 valence electrons. The molecule has 0 fully saturated rings. The van der Waals surface area contributed by atoms with Crippen LogP contribution < -0.4 is 9.62 Å². The van der Waals surface area contributed by atoms with E-state index in [0.717, 1.165) is 0 Å². The van der Waals surface area contributed by atoms with Crippen LogP contribution in [-0.2, 0) is 16.5 Å². The summed E-state index contributed by atoms with van der Waals surface area (Å²) in [6.45, 7) is -0.215. The summed E-state index contributed by atoms with van der Waals surface area (Å²) in [5.41, 5.74) is 0.741.